The lowest BCUT2D eigenvalue weighted by Gasteiger charge is -2.33. The molecule has 4 rings (SSSR count). The van der Waals surface area contributed by atoms with E-state index in [1.165, 1.54) is 0 Å². The highest BCUT2D eigenvalue weighted by molar-refractivity contribution is 6.12. The van der Waals surface area contributed by atoms with E-state index in [0.29, 0.717) is 23.5 Å². The zero-order chi connectivity index (χ0) is 22.2. The Morgan fingerprint density at radius 1 is 1.23 bits per heavy atom. The van der Waals surface area contributed by atoms with Gasteiger partial charge in [-0.05, 0) is 74.4 Å². The molecule has 1 saturated heterocycles. The first-order valence-electron chi connectivity index (χ1n) is 11.0. The van der Waals surface area contributed by atoms with Crippen molar-refractivity contribution in [1.29, 1.82) is 5.26 Å². The maximum Gasteiger partial charge on any atom is 0.259 e. The third-order valence-corrected chi connectivity index (χ3v) is 6.63. The Balaban J connectivity index is 1.53. The number of carbonyl (C=O) groups excluding carboxylic acids is 2. The Morgan fingerprint density at radius 2 is 1.97 bits per heavy atom. The highest BCUT2D eigenvalue weighted by atomic mass is 16.2. The molecule has 2 aliphatic rings. The first-order valence-corrected chi connectivity index (χ1v) is 11.0. The molecular weight excluding hydrogens is 388 g/mol. The van der Waals surface area contributed by atoms with Crippen molar-refractivity contribution in [2.45, 2.75) is 52.0 Å². The van der Waals surface area contributed by atoms with E-state index < -0.39 is 5.54 Å². The SMILES string of the molecule is CCC(=O)N1CCC(Cc2cncc(N3C(=O)c4ccc(C#N)cc4C3(C)C)c2)CC1. The Morgan fingerprint density at radius 3 is 2.65 bits per heavy atom. The summed E-state index contributed by atoms with van der Waals surface area (Å²) in [5, 5.41) is 9.26. The van der Waals surface area contributed by atoms with Gasteiger partial charge in [0.1, 0.15) is 0 Å². The number of aromatic nitrogens is 1. The minimum Gasteiger partial charge on any atom is -0.343 e. The molecule has 1 fully saturated rings. The quantitative estimate of drug-likeness (QED) is 0.754. The van der Waals surface area contributed by atoms with E-state index in [1.54, 1.807) is 23.2 Å². The first kappa shape index (κ1) is 21.0. The van der Waals surface area contributed by atoms with Crippen molar-refractivity contribution < 1.29 is 9.59 Å². The monoisotopic (exact) mass is 416 g/mol. The van der Waals surface area contributed by atoms with Crippen LogP contribution in [0.4, 0.5) is 5.69 Å². The number of pyridine rings is 1. The van der Waals surface area contributed by atoms with Crippen LogP contribution in [0.5, 0.6) is 0 Å². The number of amides is 2. The molecule has 3 heterocycles. The number of benzene rings is 1. The lowest BCUT2D eigenvalue weighted by molar-refractivity contribution is -0.132. The topological polar surface area (TPSA) is 77.3 Å². The zero-order valence-corrected chi connectivity index (χ0v) is 18.4. The summed E-state index contributed by atoms with van der Waals surface area (Å²) in [5.74, 6) is 0.682. The number of piperidine rings is 1. The molecule has 31 heavy (non-hydrogen) atoms. The van der Waals surface area contributed by atoms with Crippen LogP contribution >= 0.6 is 0 Å². The van der Waals surface area contributed by atoms with Gasteiger partial charge in [0.15, 0.2) is 0 Å². The van der Waals surface area contributed by atoms with Crippen LogP contribution in [0.1, 0.15) is 67.1 Å². The Labute approximate surface area is 183 Å². The lowest BCUT2D eigenvalue weighted by atomic mass is 9.90. The van der Waals surface area contributed by atoms with Crippen LogP contribution in [-0.4, -0.2) is 34.8 Å². The number of rotatable bonds is 4. The molecule has 0 unspecified atom stereocenters. The molecule has 2 amide bonds. The number of carbonyl (C=O) groups is 2. The molecule has 0 atom stereocenters. The van der Waals surface area contributed by atoms with E-state index in [0.717, 1.165) is 49.2 Å². The van der Waals surface area contributed by atoms with Crippen LogP contribution in [0.15, 0.2) is 36.7 Å². The molecule has 0 aliphatic carbocycles. The van der Waals surface area contributed by atoms with Gasteiger partial charge in [-0.3, -0.25) is 19.5 Å². The molecule has 160 valence electrons. The average Bonchev–Trinajstić information content (AvgIpc) is 2.98. The average molecular weight is 417 g/mol. The molecule has 0 N–H and O–H groups in total. The highest BCUT2D eigenvalue weighted by Gasteiger charge is 2.44. The molecule has 0 radical (unpaired) electrons. The van der Waals surface area contributed by atoms with E-state index >= 15 is 0 Å². The van der Waals surface area contributed by atoms with Gasteiger partial charge in [-0.15, -0.1) is 0 Å². The van der Waals surface area contributed by atoms with Gasteiger partial charge in [-0.1, -0.05) is 6.92 Å². The molecule has 6 heteroatoms. The van der Waals surface area contributed by atoms with Crippen molar-refractivity contribution in [3.63, 3.8) is 0 Å². The van der Waals surface area contributed by atoms with Crippen LogP contribution in [0.2, 0.25) is 0 Å². The van der Waals surface area contributed by atoms with Crippen molar-refractivity contribution >= 4 is 17.5 Å². The Kier molecular flexibility index (Phi) is 5.53. The van der Waals surface area contributed by atoms with Crippen molar-refractivity contribution in [3.05, 3.63) is 58.9 Å². The van der Waals surface area contributed by atoms with E-state index in [4.69, 9.17) is 0 Å². The Bertz CT molecular complexity index is 1060. The van der Waals surface area contributed by atoms with E-state index in [9.17, 15) is 14.9 Å². The standard InChI is InChI=1S/C25H28N4O2/c1-4-23(30)28-9-7-17(8-10-28)11-19-12-20(16-27-15-19)29-24(31)21-6-5-18(14-26)13-22(21)25(29,2)3/h5-6,12-13,15-17H,4,7-11H2,1-3H3. The van der Waals surface area contributed by atoms with Gasteiger partial charge in [0.05, 0.1) is 29.1 Å². The molecule has 1 aromatic heterocycles. The maximum absolute atomic E-state index is 13.2. The van der Waals surface area contributed by atoms with E-state index in [-0.39, 0.29) is 11.8 Å². The van der Waals surface area contributed by atoms with Gasteiger partial charge in [0, 0.05) is 31.3 Å². The Hall–Kier alpha value is -3.20. The summed E-state index contributed by atoms with van der Waals surface area (Å²) in [6, 6.07) is 9.49. The minimum atomic E-state index is -0.564. The van der Waals surface area contributed by atoms with Crippen molar-refractivity contribution in [3.8, 4) is 6.07 Å². The third kappa shape index (κ3) is 3.81. The van der Waals surface area contributed by atoms with Gasteiger partial charge in [-0.25, -0.2) is 0 Å². The van der Waals surface area contributed by atoms with Gasteiger partial charge < -0.3 is 4.90 Å². The van der Waals surface area contributed by atoms with Gasteiger partial charge in [0.2, 0.25) is 5.91 Å². The van der Waals surface area contributed by atoms with Crippen LogP contribution in [0.25, 0.3) is 0 Å². The number of anilines is 1. The fourth-order valence-electron chi connectivity index (χ4n) is 4.89. The number of hydrogen-bond donors (Lipinski definition) is 0. The summed E-state index contributed by atoms with van der Waals surface area (Å²) in [5.41, 5.74) is 3.39. The van der Waals surface area contributed by atoms with Crippen LogP contribution in [0, 0.1) is 17.2 Å². The van der Waals surface area contributed by atoms with E-state index in [1.807, 2.05) is 37.9 Å². The molecule has 0 spiro atoms. The predicted octanol–water partition coefficient (Wildman–Crippen LogP) is 4.04. The summed E-state index contributed by atoms with van der Waals surface area (Å²) in [7, 11) is 0. The zero-order valence-electron chi connectivity index (χ0n) is 18.4. The molecule has 0 saturated carbocycles. The number of fused-ring (bicyclic) bond motifs is 1. The fraction of sp³-hybridized carbons (Fsp3) is 0.440. The third-order valence-electron chi connectivity index (χ3n) is 6.63. The normalized spacial score (nSPS) is 18.1. The molecule has 6 nitrogen and oxygen atoms in total. The highest BCUT2D eigenvalue weighted by Crippen LogP contribution is 2.42. The maximum atomic E-state index is 13.2. The summed E-state index contributed by atoms with van der Waals surface area (Å²) in [6.45, 7) is 7.56. The van der Waals surface area contributed by atoms with Crippen LogP contribution in [0.3, 0.4) is 0 Å². The van der Waals surface area contributed by atoms with Gasteiger partial charge in [-0.2, -0.15) is 5.26 Å². The minimum absolute atomic E-state index is 0.0603. The number of nitrogens with zero attached hydrogens (tertiary/aromatic N) is 4. The number of likely N-dealkylation sites (tertiary alicyclic amines) is 1. The van der Waals surface area contributed by atoms with Crippen molar-refractivity contribution in [2.75, 3.05) is 18.0 Å². The van der Waals surface area contributed by atoms with Gasteiger partial charge >= 0.3 is 0 Å². The summed E-state index contributed by atoms with van der Waals surface area (Å²) in [6.07, 6.45) is 7.06. The molecule has 0 bridgehead atoms. The van der Waals surface area contributed by atoms with Crippen LogP contribution in [-0.2, 0) is 16.8 Å². The second-order valence-electron chi connectivity index (χ2n) is 9.00. The molecular formula is C25H28N4O2. The predicted molar refractivity (Wildman–Crippen MR) is 119 cm³/mol. The fourth-order valence-corrected chi connectivity index (χ4v) is 4.89. The van der Waals surface area contributed by atoms with E-state index in [2.05, 4.69) is 17.1 Å². The number of hydrogen-bond acceptors (Lipinski definition) is 4. The van der Waals surface area contributed by atoms with Gasteiger partial charge in [0.25, 0.3) is 5.91 Å². The molecule has 1 aromatic carbocycles. The smallest absolute Gasteiger partial charge is 0.259 e. The summed E-state index contributed by atoms with van der Waals surface area (Å²) >= 11 is 0. The lowest BCUT2D eigenvalue weighted by Crippen LogP contribution is -2.39. The summed E-state index contributed by atoms with van der Waals surface area (Å²) < 4.78 is 0. The number of nitriles is 1. The second kappa shape index (κ2) is 8.14. The first-order chi connectivity index (χ1) is 14.8. The van der Waals surface area contributed by atoms with Crippen molar-refractivity contribution in [1.82, 2.24) is 9.88 Å². The molecule has 2 aliphatic heterocycles. The summed E-state index contributed by atoms with van der Waals surface area (Å²) in [4.78, 5) is 33.3. The molecule has 2 aromatic rings. The van der Waals surface area contributed by atoms with Crippen LogP contribution < -0.4 is 4.90 Å². The van der Waals surface area contributed by atoms with Crippen molar-refractivity contribution in [2.24, 2.45) is 5.92 Å². The largest absolute Gasteiger partial charge is 0.343 e. The second-order valence-corrected chi connectivity index (χ2v) is 9.00.